The molecule has 106 valence electrons. The number of aromatic nitrogens is 2. The fourth-order valence-corrected chi connectivity index (χ4v) is 2.22. The Labute approximate surface area is 120 Å². The van der Waals surface area contributed by atoms with Crippen molar-refractivity contribution in [2.75, 3.05) is 0 Å². The lowest BCUT2D eigenvalue weighted by Crippen LogP contribution is -2.07. The number of nitrogens with zero attached hydrogens (tertiary/aromatic N) is 1. The van der Waals surface area contributed by atoms with Gasteiger partial charge in [-0.3, -0.25) is 4.79 Å². The van der Waals surface area contributed by atoms with Gasteiger partial charge in [-0.05, 0) is 31.0 Å². The van der Waals surface area contributed by atoms with Crippen LogP contribution >= 0.6 is 0 Å². The summed E-state index contributed by atoms with van der Waals surface area (Å²) < 4.78 is 19.8. The number of hydrogen-bond donors (Lipinski definition) is 1. The van der Waals surface area contributed by atoms with Crippen LogP contribution in [0.3, 0.4) is 0 Å². The standard InChI is InChI=1S/C16H13FN2O2/c1-9-4-3-5-10(2)15(9)21-14-6-11-13(7-12(14)17)18-8-19-16(11)20/h3-8H,1-2H3,(H,18,19,20). The van der Waals surface area contributed by atoms with Gasteiger partial charge in [0.1, 0.15) is 5.75 Å². The monoisotopic (exact) mass is 284 g/mol. The molecule has 3 aromatic rings. The van der Waals surface area contributed by atoms with E-state index in [9.17, 15) is 9.18 Å². The van der Waals surface area contributed by atoms with Crippen molar-refractivity contribution in [1.82, 2.24) is 9.97 Å². The van der Waals surface area contributed by atoms with Crippen LogP contribution in [0.5, 0.6) is 11.5 Å². The molecule has 0 spiro atoms. The van der Waals surface area contributed by atoms with E-state index >= 15 is 0 Å². The van der Waals surface area contributed by atoms with Gasteiger partial charge in [0, 0.05) is 6.07 Å². The van der Waals surface area contributed by atoms with Crippen LogP contribution in [0.1, 0.15) is 11.1 Å². The van der Waals surface area contributed by atoms with Crippen molar-refractivity contribution in [3.63, 3.8) is 0 Å². The van der Waals surface area contributed by atoms with Gasteiger partial charge in [0.05, 0.1) is 17.2 Å². The molecule has 0 saturated heterocycles. The highest BCUT2D eigenvalue weighted by atomic mass is 19.1. The summed E-state index contributed by atoms with van der Waals surface area (Å²) >= 11 is 0. The van der Waals surface area contributed by atoms with Gasteiger partial charge in [-0.15, -0.1) is 0 Å². The van der Waals surface area contributed by atoms with E-state index in [2.05, 4.69) is 9.97 Å². The second-order valence-electron chi connectivity index (χ2n) is 4.85. The Morgan fingerprint density at radius 1 is 1.19 bits per heavy atom. The van der Waals surface area contributed by atoms with E-state index in [0.717, 1.165) is 11.1 Å². The zero-order valence-electron chi connectivity index (χ0n) is 11.6. The number of aromatic amines is 1. The molecule has 0 unspecified atom stereocenters. The lowest BCUT2D eigenvalue weighted by molar-refractivity contribution is 0.438. The summed E-state index contributed by atoms with van der Waals surface area (Å²) in [6.07, 6.45) is 1.25. The third-order valence-corrected chi connectivity index (χ3v) is 3.31. The summed E-state index contributed by atoms with van der Waals surface area (Å²) in [7, 11) is 0. The van der Waals surface area contributed by atoms with Gasteiger partial charge in [0.25, 0.3) is 5.56 Å². The molecule has 21 heavy (non-hydrogen) atoms. The molecule has 0 bridgehead atoms. The van der Waals surface area contributed by atoms with Gasteiger partial charge in [-0.25, -0.2) is 9.37 Å². The number of aryl methyl sites for hydroxylation is 2. The maximum absolute atomic E-state index is 14.1. The highest BCUT2D eigenvalue weighted by Crippen LogP contribution is 2.31. The van der Waals surface area contributed by atoms with E-state index in [1.807, 2.05) is 32.0 Å². The molecule has 0 amide bonds. The zero-order chi connectivity index (χ0) is 15.0. The summed E-state index contributed by atoms with van der Waals surface area (Å²) in [5, 5.41) is 0.292. The van der Waals surface area contributed by atoms with Crippen LogP contribution in [0.15, 0.2) is 41.5 Å². The van der Waals surface area contributed by atoms with E-state index in [1.54, 1.807) is 0 Å². The van der Waals surface area contributed by atoms with Crippen molar-refractivity contribution in [3.05, 3.63) is 64.0 Å². The normalized spacial score (nSPS) is 10.8. The molecule has 3 rings (SSSR count). The van der Waals surface area contributed by atoms with Crippen LogP contribution < -0.4 is 10.3 Å². The van der Waals surface area contributed by atoms with Gasteiger partial charge < -0.3 is 9.72 Å². The fraction of sp³-hybridized carbons (Fsp3) is 0.125. The molecule has 0 aliphatic rings. The predicted molar refractivity (Wildman–Crippen MR) is 78.3 cm³/mol. The fourth-order valence-electron chi connectivity index (χ4n) is 2.22. The third-order valence-electron chi connectivity index (χ3n) is 3.31. The molecule has 1 heterocycles. The smallest absolute Gasteiger partial charge is 0.258 e. The van der Waals surface area contributed by atoms with Gasteiger partial charge in [0.15, 0.2) is 11.6 Å². The van der Waals surface area contributed by atoms with Crippen LogP contribution in [0.25, 0.3) is 10.9 Å². The Hall–Kier alpha value is -2.69. The molecule has 5 heteroatoms. The first-order valence-corrected chi connectivity index (χ1v) is 6.47. The first-order valence-electron chi connectivity index (χ1n) is 6.47. The van der Waals surface area contributed by atoms with Crippen molar-refractivity contribution in [3.8, 4) is 11.5 Å². The van der Waals surface area contributed by atoms with Crippen LogP contribution in [-0.4, -0.2) is 9.97 Å². The van der Waals surface area contributed by atoms with E-state index in [1.165, 1.54) is 18.5 Å². The summed E-state index contributed by atoms with van der Waals surface area (Å²) in [6.45, 7) is 3.77. The highest BCUT2D eigenvalue weighted by Gasteiger charge is 2.12. The lowest BCUT2D eigenvalue weighted by Gasteiger charge is -2.12. The molecule has 4 nitrogen and oxygen atoms in total. The molecule has 0 aliphatic carbocycles. The topological polar surface area (TPSA) is 55.0 Å². The predicted octanol–water partition coefficient (Wildman–Crippen LogP) is 3.47. The largest absolute Gasteiger partial charge is 0.454 e. The summed E-state index contributed by atoms with van der Waals surface area (Å²) in [5.41, 5.74) is 1.76. The lowest BCUT2D eigenvalue weighted by atomic mass is 10.1. The Morgan fingerprint density at radius 3 is 2.62 bits per heavy atom. The van der Waals surface area contributed by atoms with E-state index in [0.29, 0.717) is 16.7 Å². The number of rotatable bonds is 2. The van der Waals surface area contributed by atoms with Crippen molar-refractivity contribution >= 4 is 10.9 Å². The maximum Gasteiger partial charge on any atom is 0.258 e. The van der Waals surface area contributed by atoms with Crippen molar-refractivity contribution < 1.29 is 9.13 Å². The number of halogens is 1. The quantitative estimate of drug-likeness (QED) is 0.784. The molecule has 0 saturated carbocycles. The van der Waals surface area contributed by atoms with Crippen molar-refractivity contribution in [2.24, 2.45) is 0 Å². The molecule has 1 aromatic heterocycles. The summed E-state index contributed by atoms with van der Waals surface area (Å²) in [5.74, 6) is 0.0534. The Morgan fingerprint density at radius 2 is 1.90 bits per heavy atom. The Kier molecular flexibility index (Phi) is 3.17. The SMILES string of the molecule is Cc1cccc(C)c1Oc1cc2c(=O)[nH]cnc2cc1F. The van der Waals surface area contributed by atoms with Gasteiger partial charge in [-0.1, -0.05) is 18.2 Å². The Balaban J connectivity index is 2.15. The molecular weight excluding hydrogens is 271 g/mol. The van der Waals surface area contributed by atoms with E-state index in [-0.39, 0.29) is 11.3 Å². The number of hydrogen-bond acceptors (Lipinski definition) is 3. The average Bonchev–Trinajstić information content (AvgIpc) is 2.44. The van der Waals surface area contributed by atoms with Crippen molar-refractivity contribution in [1.29, 1.82) is 0 Å². The molecule has 0 radical (unpaired) electrons. The second kappa shape index (κ2) is 5.01. The van der Waals surface area contributed by atoms with Crippen LogP contribution in [0, 0.1) is 19.7 Å². The first-order chi connectivity index (χ1) is 10.1. The Bertz CT molecular complexity index is 867. The van der Waals surface area contributed by atoms with Crippen molar-refractivity contribution in [2.45, 2.75) is 13.8 Å². The van der Waals surface area contributed by atoms with E-state index < -0.39 is 5.82 Å². The highest BCUT2D eigenvalue weighted by molar-refractivity contribution is 5.79. The second-order valence-corrected chi connectivity index (χ2v) is 4.85. The minimum absolute atomic E-state index is 0.0124. The summed E-state index contributed by atoms with van der Waals surface area (Å²) in [6, 6.07) is 8.25. The minimum Gasteiger partial charge on any atom is -0.454 e. The zero-order valence-corrected chi connectivity index (χ0v) is 11.6. The summed E-state index contributed by atoms with van der Waals surface area (Å²) in [4.78, 5) is 18.2. The molecule has 2 aromatic carbocycles. The molecule has 0 atom stereocenters. The number of benzene rings is 2. The number of para-hydroxylation sites is 1. The molecule has 1 N–H and O–H groups in total. The number of ether oxygens (including phenoxy) is 1. The van der Waals surface area contributed by atoms with Gasteiger partial charge in [0.2, 0.25) is 0 Å². The molecular formula is C16H13FN2O2. The maximum atomic E-state index is 14.1. The number of H-pyrrole nitrogens is 1. The van der Waals surface area contributed by atoms with Gasteiger partial charge in [-0.2, -0.15) is 0 Å². The average molecular weight is 284 g/mol. The molecule has 0 fully saturated rings. The van der Waals surface area contributed by atoms with Crippen LogP contribution in [0.4, 0.5) is 4.39 Å². The number of fused-ring (bicyclic) bond motifs is 1. The molecule has 0 aliphatic heterocycles. The van der Waals surface area contributed by atoms with Gasteiger partial charge >= 0.3 is 0 Å². The van der Waals surface area contributed by atoms with E-state index in [4.69, 9.17) is 4.74 Å². The minimum atomic E-state index is -0.553. The first kappa shape index (κ1) is 13.3. The van der Waals surface area contributed by atoms with Crippen LogP contribution in [0.2, 0.25) is 0 Å². The third kappa shape index (κ3) is 2.38. The number of nitrogens with one attached hydrogen (secondary N) is 1. The van der Waals surface area contributed by atoms with Crippen LogP contribution in [-0.2, 0) is 0 Å².